The van der Waals surface area contributed by atoms with Gasteiger partial charge in [-0.25, -0.2) is 0 Å². The smallest absolute Gasteiger partial charge is 0.306 e. The molecule has 1 N–H and O–H groups in total. The van der Waals surface area contributed by atoms with Crippen molar-refractivity contribution in [3.8, 4) is 0 Å². The van der Waals surface area contributed by atoms with Crippen LogP contribution in [-0.4, -0.2) is 43.5 Å². The normalized spacial score (nSPS) is 11.1. The van der Waals surface area contributed by atoms with E-state index in [1.54, 1.807) is 0 Å². The van der Waals surface area contributed by atoms with Crippen molar-refractivity contribution in [1.82, 2.24) is 4.90 Å². The third-order valence-corrected chi connectivity index (χ3v) is 4.20. The van der Waals surface area contributed by atoms with Crippen LogP contribution in [0.4, 0.5) is 5.69 Å². The molecule has 0 aliphatic heterocycles. The van der Waals surface area contributed by atoms with Gasteiger partial charge in [0, 0.05) is 37.1 Å². The predicted molar refractivity (Wildman–Crippen MR) is 105 cm³/mol. The van der Waals surface area contributed by atoms with Gasteiger partial charge in [-0.15, -0.1) is 0 Å². The number of esters is 1. The van der Waals surface area contributed by atoms with Crippen LogP contribution in [-0.2, 0) is 14.3 Å². The molecule has 2 aromatic carbocycles. The largest absolute Gasteiger partial charge is 0.469 e. The summed E-state index contributed by atoms with van der Waals surface area (Å²) in [6.45, 7) is 6.32. The van der Waals surface area contributed by atoms with E-state index < -0.39 is 0 Å². The van der Waals surface area contributed by atoms with Crippen LogP contribution < -0.4 is 5.32 Å². The maximum absolute atomic E-state index is 12.4. The van der Waals surface area contributed by atoms with Crippen molar-refractivity contribution >= 4 is 28.3 Å². The summed E-state index contributed by atoms with van der Waals surface area (Å²) >= 11 is 0. The summed E-state index contributed by atoms with van der Waals surface area (Å²) in [6, 6.07) is 13.9. The standard InChI is InChI=1S/C21H28N2O3/c1-16(2)15-23(14-12-21(25)26-3)13-11-20(24)22-19-10-6-8-17-7-4-5-9-18(17)19/h4-10,16H,11-15H2,1-3H3,(H,22,24). The molecule has 140 valence electrons. The molecule has 5 nitrogen and oxygen atoms in total. The highest BCUT2D eigenvalue weighted by atomic mass is 16.5. The fourth-order valence-electron chi connectivity index (χ4n) is 2.97. The van der Waals surface area contributed by atoms with Crippen molar-refractivity contribution in [1.29, 1.82) is 0 Å². The molecule has 0 bridgehead atoms. The van der Waals surface area contributed by atoms with Crippen LogP contribution in [0.25, 0.3) is 10.8 Å². The minimum atomic E-state index is -0.223. The van der Waals surface area contributed by atoms with E-state index in [4.69, 9.17) is 4.74 Å². The van der Waals surface area contributed by atoms with E-state index in [0.717, 1.165) is 23.0 Å². The summed E-state index contributed by atoms with van der Waals surface area (Å²) in [7, 11) is 1.40. The van der Waals surface area contributed by atoms with Gasteiger partial charge in [0.25, 0.3) is 0 Å². The number of benzene rings is 2. The van der Waals surface area contributed by atoms with E-state index in [2.05, 4.69) is 24.1 Å². The van der Waals surface area contributed by atoms with Gasteiger partial charge < -0.3 is 15.0 Å². The third-order valence-electron chi connectivity index (χ3n) is 4.20. The highest BCUT2D eigenvalue weighted by Crippen LogP contribution is 2.23. The number of nitrogens with zero attached hydrogens (tertiary/aromatic N) is 1. The zero-order valence-electron chi connectivity index (χ0n) is 15.8. The molecule has 0 atom stereocenters. The van der Waals surface area contributed by atoms with E-state index in [9.17, 15) is 9.59 Å². The Bertz CT molecular complexity index is 738. The lowest BCUT2D eigenvalue weighted by molar-refractivity contribution is -0.141. The summed E-state index contributed by atoms with van der Waals surface area (Å²) in [5.74, 6) is 0.223. The molecule has 0 aromatic heterocycles. The molecular weight excluding hydrogens is 328 g/mol. The SMILES string of the molecule is COC(=O)CCN(CCC(=O)Nc1cccc2ccccc12)CC(C)C. The number of fused-ring (bicyclic) bond motifs is 1. The summed E-state index contributed by atoms with van der Waals surface area (Å²) < 4.78 is 4.71. The molecular formula is C21H28N2O3. The Kier molecular flexibility index (Phi) is 7.60. The first kappa shape index (κ1) is 19.9. The van der Waals surface area contributed by atoms with E-state index in [0.29, 0.717) is 31.8 Å². The molecule has 0 heterocycles. The third kappa shape index (κ3) is 6.15. The van der Waals surface area contributed by atoms with E-state index in [1.807, 2.05) is 42.5 Å². The van der Waals surface area contributed by atoms with Crippen molar-refractivity contribution in [3.63, 3.8) is 0 Å². The lowest BCUT2D eigenvalue weighted by Gasteiger charge is -2.23. The van der Waals surface area contributed by atoms with Gasteiger partial charge in [-0.1, -0.05) is 50.2 Å². The molecule has 5 heteroatoms. The molecule has 0 saturated carbocycles. The summed E-state index contributed by atoms with van der Waals surface area (Å²) in [5, 5.41) is 5.15. The summed E-state index contributed by atoms with van der Waals surface area (Å²) in [6.07, 6.45) is 0.727. The highest BCUT2D eigenvalue weighted by Gasteiger charge is 2.13. The molecule has 0 unspecified atom stereocenters. The first-order chi connectivity index (χ1) is 12.5. The summed E-state index contributed by atoms with van der Waals surface area (Å²) in [5.41, 5.74) is 0.832. The van der Waals surface area contributed by atoms with Crippen molar-refractivity contribution in [2.45, 2.75) is 26.7 Å². The molecule has 0 spiro atoms. The topological polar surface area (TPSA) is 58.6 Å². The second-order valence-electron chi connectivity index (χ2n) is 6.85. The molecule has 0 radical (unpaired) electrons. The number of rotatable bonds is 9. The van der Waals surface area contributed by atoms with E-state index in [-0.39, 0.29) is 11.9 Å². The maximum Gasteiger partial charge on any atom is 0.306 e. The molecule has 2 aromatic rings. The van der Waals surface area contributed by atoms with Crippen LogP contribution in [0.1, 0.15) is 26.7 Å². The van der Waals surface area contributed by atoms with Gasteiger partial charge in [-0.3, -0.25) is 9.59 Å². The van der Waals surface area contributed by atoms with Crippen molar-refractivity contribution in [2.24, 2.45) is 5.92 Å². The predicted octanol–water partition coefficient (Wildman–Crippen LogP) is 3.69. The van der Waals surface area contributed by atoms with Gasteiger partial charge in [0.05, 0.1) is 13.5 Å². The van der Waals surface area contributed by atoms with Gasteiger partial charge in [0.2, 0.25) is 5.91 Å². The molecule has 0 saturated heterocycles. The molecule has 0 aliphatic rings. The van der Waals surface area contributed by atoms with Crippen LogP contribution >= 0.6 is 0 Å². The fourth-order valence-corrected chi connectivity index (χ4v) is 2.97. The Morgan fingerprint density at radius 3 is 2.46 bits per heavy atom. The monoisotopic (exact) mass is 356 g/mol. The molecule has 0 fully saturated rings. The maximum atomic E-state index is 12.4. The number of carbonyl (C=O) groups excluding carboxylic acids is 2. The van der Waals surface area contributed by atoms with Crippen molar-refractivity contribution in [2.75, 3.05) is 32.1 Å². The first-order valence-electron chi connectivity index (χ1n) is 9.06. The summed E-state index contributed by atoms with van der Waals surface area (Å²) in [4.78, 5) is 25.9. The Morgan fingerprint density at radius 2 is 1.73 bits per heavy atom. The van der Waals surface area contributed by atoms with Gasteiger partial charge >= 0.3 is 5.97 Å². The number of ether oxygens (including phenoxy) is 1. The number of nitrogens with one attached hydrogen (secondary N) is 1. The zero-order valence-corrected chi connectivity index (χ0v) is 15.8. The molecule has 0 aliphatic carbocycles. The highest BCUT2D eigenvalue weighted by molar-refractivity contribution is 6.02. The molecule has 26 heavy (non-hydrogen) atoms. The second-order valence-corrected chi connectivity index (χ2v) is 6.85. The number of hydrogen-bond donors (Lipinski definition) is 1. The van der Waals surface area contributed by atoms with Crippen LogP contribution in [0, 0.1) is 5.92 Å². The van der Waals surface area contributed by atoms with Crippen molar-refractivity contribution < 1.29 is 14.3 Å². The first-order valence-corrected chi connectivity index (χ1v) is 9.06. The van der Waals surface area contributed by atoms with E-state index in [1.165, 1.54) is 7.11 Å². The minimum absolute atomic E-state index is 0.0202. The number of methoxy groups -OCH3 is 1. The number of hydrogen-bond acceptors (Lipinski definition) is 4. The minimum Gasteiger partial charge on any atom is -0.469 e. The Morgan fingerprint density at radius 1 is 1.04 bits per heavy atom. The van der Waals surface area contributed by atoms with Gasteiger partial charge in [0.1, 0.15) is 0 Å². The Balaban J connectivity index is 1.93. The number of anilines is 1. The Labute approximate surface area is 155 Å². The lowest BCUT2D eigenvalue weighted by atomic mass is 10.1. The fraction of sp³-hybridized carbons (Fsp3) is 0.429. The van der Waals surface area contributed by atoms with Gasteiger partial charge in [0.15, 0.2) is 0 Å². The van der Waals surface area contributed by atoms with Gasteiger partial charge in [-0.05, 0) is 17.4 Å². The average molecular weight is 356 g/mol. The lowest BCUT2D eigenvalue weighted by Crippen LogP contribution is -2.33. The molecule has 2 rings (SSSR count). The van der Waals surface area contributed by atoms with Crippen LogP contribution in [0.2, 0.25) is 0 Å². The average Bonchev–Trinajstić information content (AvgIpc) is 2.63. The van der Waals surface area contributed by atoms with Crippen LogP contribution in [0.3, 0.4) is 0 Å². The van der Waals surface area contributed by atoms with Crippen molar-refractivity contribution in [3.05, 3.63) is 42.5 Å². The zero-order chi connectivity index (χ0) is 18.9. The molecule has 1 amide bonds. The quantitative estimate of drug-likeness (QED) is 0.696. The number of carbonyl (C=O) groups is 2. The second kappa shape index (κ2) is 9.92. The van der Waals surface area contributed by atoms with Gasteiger partial charge in [-0.2, -0.15) is 0 Å². The Hall–Kier alpha value is -2.40. The van der Waals surface area contributed by atoms with E-state index >= 15 is 0 Å². The van der Waals surface area contributed by atoms with Crippen LogP contribution in [0.15, 0.2) is 42.5 Å². The van der Waals surface area contributed by atoms with Crippen LogP contribution in [0.5, 0.6) is 0 Å². The number of amides is 1.